The summed E-state index contributed by atoms with van der Waals surface area (Å²) in [5, 5.41) is 0. The molecular weight excluding hydrogens is 334 g/mol. The van der Waals surface area contributed by atoms with Crippen LogP contribution >= 0.6 is 0 Å². The summed E-state index contributed by atoms with van der Waals surface area (Å²) in [6.07, 6.45) is -0.280. The fourth-order valence-electron chi connectivity index (χ4n) is 2.83. The summed E-state index contributed by atoms with van der Waals surface area (Å²) in [7, 11) is 3.25. The van der Waals surface area contributed by atoms with Crippen LogP contribution in [0.1, 0.15) is 20.8 Å². The van der Waals surface area contributed by atoms with Gasteiger partial charge in [-0.15, -0.1) is 0 Å². The van der Waals surface area contributed by atoms with Gasteiger partial charge in [0, 0.05) is 40.3 Å². The first-order valence-corrected chi connectivity index (χ1v) is 8.80. The van der Waals surface area contributed by atoms with Gasteiger partial charge < -0.3 is 24.2 Å². The topological polar surface area (TPSA) is 62.3 Å². The zero-order valence-electron chi connectivity index (χ0n) is 16.3. The average molecular weight is 363 g/mol. The molecule has 2 rings (SSSR count). The van der Waals surface area contributed by atoms with E-state index in [0.29, 0.717) is 26.2 Å². The molecule has 0 aromatic heterocycles. The van der Waals surface area contributed by atoms with Crippen LogP contribution in [0.15, 0.2) is 24.3 Å². The van der Waals surface area contributed by atoms with Crippen LogP contribution in [0.4, 0.5) is 16.2 Å². The van der Waals surface area contributed by atoms with Crippen molar-refractivity contribution in [3.8, 4) is 0 Å². The second-order valence-corrected chi connectivity index (χ2v) is 7.33. The van der Waals surface area contributed by atoms with Gasteiger partial charge in [0.2, 0.25) is 0 Å². The highest BCUT2D eigenvalue weighted by Gasteiger charge is 2.27. The van der Waals surface area contributed by atoms with E-state index < -0.39 is 5.60 Å². The van der Waals surface area contributed by atoms with Crippen LogP contribution < -0.4 is 9.80 Å². The minimum absolute atomic E-state index is 0.0389. The molecule has 144 valence electrons. The Balaban J connectivity index is 2.06. The number of ether oxygens (including phenoxy) is 2. The molecule has 0 atom stereocenters. The number of methoxy groups -OCH3 is 1. The third-order valence-corrected chi connectivity index (χ3v) is 4.16. The Morgan fingerprint density at radius 1 is 1.12 bits per heavy atom. The molecule has 1 aliphatic heterocycles. The van der Waals surface area contributed by atoms with Gasteiger partial charge in [0.25, 0.3) is 5.91 Å². The van der Waals surface area contributed by atoms with E-state index in [1.165, 1.54) is 7.11 Å². The van der Waals surface area contributed by atoms with Gasteiger partial charge in [-0.1, -0.05) is 12.1 Å². The van der Waals surface area contributed by atoms with E-state index in [4.69, 9.17) is 9.47 Å². The first kappa shape index (κ1) is 20.0. The van der Waals surface area contributed by atoms with Gasteiger partial charge >= 0.3 is 6.09 Å². The predicted octanol–water partition coefficient (Wildman–Crippen LogP) is 2.35. The molecule has 0 spiro atoms. The molecule has 1 aromatic carbocycles. The number of rotatable bonds is 4. The van der Waals surface area contributed by atoms with Crippen molar-refractivity contribution < 1.29 is 19.1 Å². The summed E-state index contributed by atoms with van der Waals surface area (Å²) < 4.78 is 10.4. The molecule has 26 heavy (non-hydrogen) atoms. The third-order valence-electron chi connectivity index (χ3n) is 4.16. The largest absolute Gasteiger partial charge is 0.444 e. The lowest BCUT2D eigenvalue weighted by Gasteiger charge is -2.38. The lowest BCUT2D eigenvalue weighted by atomic mass is 10.2. The number of para-hydroxylation sites is 2. The Labute approximate surface area is 155 Å². The highest BCUT2D eigenvalue weighted by atomic mass is 16.6. The smallest absolute Gasteiger partial charge is 0.410 e. The Morgan fingerprint density at radius 2 is 1.73 bits per heavy atom. The Bertz CT molecular complexity index is 634. The summed E-state index contributed by atoms with van der Waals surface area (Å²) in [4.78, 5) is 29.9. The van der Waals surface area contributed by atoms with Gasteiger partial charge in [0.05, 0.1) is 11.4 Å². The maximum absolute atomic E-state index is 12.2. The van der Waals surface area contributed by atoms with Crippen LogP contribution in [0, 0.1) is 0 Å². The minimum Gasteiger partial charge on any atom is -0.444 e. The zero-order valence-corrected chi connectivity index (χ0v) is 16.3. The molecule has 2 amide bonds. The quantitative estimate of drug-likeness (QED) is 0.822. The Kier molecular flexibility index (Phi) is 6.47. The minimum atomic E-state index is -0.495. The van der Waals surface area contributed by atoms with Crippen LogP contribution in [-0.4, -0.2) is 69.4 Å². The van der Waals surface area contributed by atoms with Crippen LogP contribution in [0.2, 0.25) is 0 Å². The first-order chi connectivity index (χ1) is 12.2. The molecule has 0 unspecified atom stereocenters. The van der Waals surface area contributed by atoms with E-state index in [1.807, 2.05) is 45.0 Å². The number of piperazine rings is 1. The first-order valence-electron chi connectivity index (χ1n) is 8.80. The molecule has 1 aliphatic rings. The number of carbonyl (C=O) groups is 2. The second kappa shape index (κ2) is 8.40. The van der Waals surface area contributed by atoms with E-state index in [2.05, 4.69) is 4.90 Å². The third kappa shape index (κ3) is 5.11. The Morgan fingerprint density at radius 3 is 2.31 bits per heavy atom. The summed E-state index contributed by atoms with van der Waals surface area (Å²) >= 11 is 0. The molecule has 7 heteroatoms. The molecule has 0 radical (unpaired) electrons. The maximum atomic E-state index is 12.2. The lowest BCUT2D eigenvalue weighted by molar-refractivity contribution is -0.121. The summed E-state index contributed by atoms with van der Waals surface area (Å²) in [5.74, 6) is -0.104. The predicted molar refractivity (Wildman–Crippen MR) is 102 cm³/mol. The number of hydrogen-bond donors (Lipinski definition) is 0. The molecule has 1 aromatic rings. The second-order valence-electron chi connectivity index (χ2n) is 7.33. The fourth-order valence-corrected chi connectivity index (χ4v) is 2.83. The van der Waals surface area contributed by atoms with Crippen LogP contribution in [-0.2, 0) is 14.3 Å². The number of benzene rings is 1. The number of carbonyl (C=O) groups excluding carboxylic acids is 2. The van der Waals surface area contributed by atoms with Gasteiger partial charge in [-0.05, 0) is 32.9 Å². The highest BCUT2D eigenvalue weighted by Crippen LogP contribution is 2.29. The Hall–Kier alpha value is -2.28. The normalized spacial score (nSPS) is 15.0. The van der Waals surface area contributed by atoms with Crippen LogP contribution in [0.25, 0.3) is 0 Å². The molecule has 0 saturated carbocycles. The van der Waals surface area contributed by atoms with Crippen molar-refractivity contribution in [2.75, 3.05) is 56.7 Å². The van der Waals surface area contributed by atoms with Gasteiger partial charge in [-0.25, -0.2) is 4.79 Å². The summed E-state index contributed by atoms with van der Waals surface area (Å²) in [5.41, 5.74) is 1.31. The molecule has 1 heterocycles. The fraction of sp³-hybridized carbons (Fsp3) is 0.579. The van der Waals surface area contributed by atoms with Gasteiger partial charge in [0.15, 0.2) is 0 Å². The van der Waals surface area contributed by atoms with Crippen molar-refractivity contribution in [1.29, 1.82) is 0 Å². The van der Waals surface area contributed by atoms with Gasteiger partial charge in [-0.3, -0.25) is 4.79 Å². The van der Waals surface area contributed by atoms with E-state index in [-0.39, 0.29) is 18.6 Å². The van der Waals surface area contributed by atoms with Gasteiger partial charge in [0.1, 0.15) is 12.2 Å². The number of amides is 2. The molecule has 0 aliphatic carbocycles. The maximum Gasteiger partial charge on any atom is 0.410 e. The molecule has 1 fully saturated rings. The zero-order chi connectivity index (χ0) is 19.3. The highest BCUT2D eigenvalue weighted by molar-refractivity contribution is 5.97. The summed E-state index contributed by atoms with van der Waals surface area (Å²) in [6, 6.07) is 7.78. The van der Waals surface area contributed by atoms with Crippen molar-refractivity contribution >= 4 is 23.4 Å². The van der Waals surface area contributed by atoms with Crippen LogP contribution in [0.5, 0.6) is 0 Å². The lowest BCUT2D eigenvalue weighted by Crippen LogP contribution is -2.50. The SMILES string of the molecule is COCC(=O)N(C)c1ccccc1N1CCN(C(=O)OC(C)(C)C)CC1. The molecule has 0 bridgehead atoms. The molecular formula is C19H29N3O4. The molecule has 1 saturated heterocycles. The standard InChI is InChI=1S/C19H29N3O4/c1-19(2,3)26-18(24)22-12-10-21(11-13-22)16-9-7-6-8-15(16)20(4)17(23)14-25-5/h6-9H,10-14H2,1-5H3. The van der Waals surface area contributed by atoms with Gasteiger partial charge in [-0.2, -0.15) is 0 Å². The number of hydrogen-bond acceptors (Lipinski definition) is 5. The van der Waals surface area contributed by atoms with E-state index in [9.17, 15) is 9.59 Å². The van der Waals surface area contributed by atoms with E-state index in [1.54, 1.807) is 16.8 Å². The van der Waals surface area contributed by atoms with Crippen LogP contribution in [0.3, 0.4) is 0 Å². The molecule has 0 N–H and O–H groups in total. The average Bonchev–Trinajstić information content (AvgIpc) is 2.60. The van der Waals surface area contributed by atoms with Crippen molar-refractivity contribution in [3.63, 3.8) is 0 Å². The van der Waals surface area contributed by atoms with Crippen molar-refractivity contribution in [2.45, 2.75) is 26.4 Å². The number of anilines is 2. The van der Waals surface area contributed by atoms with Crippen molar-refractivity contribution in [2.24, 2.45) is 0 Å². The molecule has 7 nitrogen and oxygen atoms in total. The van der Waals surface area contributed by atoms with E-state index >= 15 is 0 Å². The monoisotopic (exact) mass is 363 g/mol. The number of nitrogens with zero attached hydrogens (tertiary/aromatic N) is 3. The van der Waals surface area contributed by atoms with E-state index in [0.717, 1.165) is 11.4 Å². The van der Waals surface area contributed by atoms with Crippen molar-refractivity contribution in [1.82, 2.24) is 4.90 Å². The summed E-state index contributed by atoms with van der Waals surface area (Å²) in [6.45, 7) is 8.17. The van der Waals surface area contributed by atoms with Crippen molar-refractivity contribution in [3.05, 3.63) is 24.3 Å². The number of likely N-dealkylation sites (N-methyl/N-ethyl adjacent to an activating group) is 1.